The first kappa shape index (κ1) is 17.5. The van der Waals surface area contributed by atoms with Crippen molar-refractivity contribution in [1.29, 1.82) is 0 Å². The zero-order valence-electron chi connectivity index (χ0n) is 12.7. The largest absolute Gasteiger partial charge is 0.480 e. The average Bonchev–Trinajstić information content (AvgIpc) is 2.45. The quantitative estimate of drug-likeness (QED) is 0.771. The van der Waals surface area contributed by atoms with Crippen LogP contribution in [-0.2, 0) is 14.6 Å². The number of nitrogens with one attached hydrogen (secondary N) is 1. The molecule has 0 radical (unpaired) electrons. The predicted octanol–water partition coefficient (Wildman–Crippen LogP) is 2.93. The Labute approximate surface area is 126 Å². The fraction of sp³-hybridized carbons (Fsp3) is 0.533. The minimum Gasteiger partial charge on any atom is -0.480 e. The maximum absolute atomic E-state index is 11.9. The fourth-order valence-electron chi connectivity index (χ4n) is 2.19. The van der Waals surface area contributed by atoms with Gasteiger partial charge in [0.25, 0.3) is 0 Å². The maximum atomic E-state index is 11.9. The summed E-state index contributed by atoms with van der Waals surface area (Å²) >= 11 is 0. The van der Waals surface area contributed by atoms with Gasteiger partial charge in [0, 0.05) is 5.69 Å². The number of sulfone groups is 1. The summed E-state index contributed by atoms with van der Waals surface area (Å²) in [5, 5.41) is 12.4. The molecule has 5 nitrogen and oxygen atoms in total. The molecule has 0 heterocycles. The van der Waals surface area contributed by atoms with E-state index in [9.17, 15) is 18.3 Å². The Morgan fingerprint density at radius 2 is 1.67 bits per heavy atom. The van der Waals surface area contributed by atoms with Crippen LogP contribution in [0, 0.1) is 0 Å². The Morgan fingerprint density at radius 1 is 1.14 bits per heavy atom. The molecule has 0 atom stereocenters. The van der Waals surface area contributed by atoms with Gasteiger partial charge >= 0.3 is 5.97 Å². The molecule has 2 N–H and O–H groups in total. The van der Waals surface area contributed by atoms with E-state index in [1.165, 1.54) is 12.1 Å². The van der Waals surface area contributed by atoms with Crippen LogP contribution in [0.4, 0.5) is 5.69 Å². The van der Waals surface area contributed by atoms with Crippen molar-refractivity contribution < 1.29 is 18.3 Å². The van der Waals surface area contributed by atoms with Gasteiger partial charge in [0.15, 0.2) is 9.84 Å². The van der Waals surface area contributed by atoms with E-state index in [-0.39, 0.29) is 10.6 Å². The Kier molecular flexibility index (Phi) is 5.78. The molecule has 0 amide bonds. The molecule has 0 fully saturated rings. The van der Waals surface area contributed by atoms with E-state index in [2.05, 4.69) is 5.32 Å². The number of rotatable bonds is 8. The van der Waals surface area contributed by atoms with Crippen molar-refractivity contribution >= 4 is 21.5 Å². The van der Waals surface area contributed by atoms with Gasteiger partial charge in [-0.15, -0.1) is 0 Å². The highest BCUT2D eigenvalue weighted by Crippen LogP contribution is 2.24. The molecule has 0 aromatic heterocycles. The van der Waals surface area contributed by atoms with Crippen LogP contribution < -0.4 is 5.32 Å². The van der Waals surface area contributed by atoms with Crippen LogP contribution in [0.5, 0.6) is 0 Å². The highest BCUT2D eigenvalue weighted by atomic mass is 32.2. The monoisotopic (exact) mass is 313 g/mol. The lowest BCUT2D eigenvalue weighted by molar-refractivity contribution is -0.142. The molecule has 118 valence electrons. The average molecular weight is 313 g/mol. The highest BCUT2D eigenvalue weighted by Gasteiger charge is 2.34. The van der Waals surface area contributed by atoms with Gasteiger partial charge in [-0.05, 0) is 43.5 Å². The second kappa shape index (κ2) is 6.93. The van der Waals surface area contributed by atoms with Crippen LogP contribution in [0.1, 0.15) is 40.0 Å². The smallest absolute Gasteiger partial charge is 0.329 e. The van der Waals surface area contributed by atoms with Crippen molar-refractivity contribution in [2.45, 2.75) is 50.5 Å². The van der Waals surface area contributed by atoms with Gasteiger partial charge in [0.1, 0.15) is 5.54 Å². The highest BCUT2D eigenvalue weighted by molar-refractivity contribution is 7.91. The van der Waals surface area contributed by atoms with E-state index < -0.39 is 21.3 Å². The second-order valence-corrected chi connectivity index (χ2v) is 7.17. The van der Waals surface area contributed by atoms with Gasteiger partial charge < -0.3 is 10.4 Å². The fourth-order valence-corrected chi connectivity index (χ4v) is 3.52. The van der Waals surface area contributed by atoms with Gasteiger partial charge in [-0.1, -0.05) is 20.8 Å². The zero-order valence-corrected chi connectivity index (χ0v) is 13.5. The van der Waals surface area contributed by atoms with Crippen LogP contribution in [0.3, 0.4) is 0 Å². The topological polar surface area (TPSA) is 83.5 Å². The van der Waals surface area contributed by atoms with E-state index in [1.807, 2.05) is 20.8 Å². The first-order valence-electron chi connectivity index (χ1n) is 7.15. The van der Waals surface area contributed by atoms with Crippen molar-refractivity contribution in [1.82, 2.24) is 0 Å². The molecule has 1 rings (SSSR count). The first-order valence-corrected chi connectivity index (χ1v) is 8.81. The Morgan fingerprint density at radius 3 is 2.05 bits per heavy atom. The minimum absolute atomic E-state index is 0.114. The second-order valence-electron chi connectivity index (χ2n) is 5.06. The van der Waals surface area contributed by atoms with Gasteiger partial charge in [0.2, 0.25) is 0 Å². The molecule has 1 aromatic carbocycles. The van der Waals surface area contributed by atoms with Crippen LogP contribution in [0.2, 0.25) is 0 Å². The molecule has 0 bridgehead atoms. The standard InChI is InChI=1S/C15H23NO4S/c1-4-11-21(19,20)13-9-7-12(8-10-13)16-15(5-2,6-3)14(17)18/h7-10,16H,4-6,11H2,1-3H3,(H,17,18). The molecule has 0 aliphatic carbocycles. The van der Waals surface area contributed by atoms with Crippen molar-refractivity contribution in [3.8, 4) is 0 Å². The van der Waals surface area contributed by atoms with Crippen molar-refractivity contribution in [2.75, 3.05) is 11.1 Å². The SMILES string of the molecule is CCCS(=O)(=O)c1ccc(NC(CC)(CC)C(=O)O)cc1. The summed E-state index contributed by atoms with van der Waals surface area (Å²) in [6, 6.07) is 6.27. The zero-order chi connectivity index (χ0) is 16.1. The van der Waals surface area contributed by atoms with Crippen molar-refractivity contribution in [2.24, 2.45) is 0 Å². The van der Waals surface area contributed by atoms with E-state index in [0.717, 1.165) is 0 Å². The molecule has 21 heavy (non-hydrogen) atoms. The normalized spacial score (nSPS) is 12.1. The number of benzene rings is 1. The third kappa shape index (κ3) is 3.97. The summed E-state index contributed by atoms with van der Waals surface area (Å²) in [7, 11) is -3.24. The van der Waals surface area contributed by atoms with Gasteiger partial charge in [-0.3, -0.25) is 0 Å². The van der Waals surface area contributed by atoms with E-state index in [1.54, 1.807) is 12.1 Å². The number of anilines is 1. The number of hydrogen-bond donors (Lipinski definition) is 2. The lowest BCUT2D eigenvalue weighted by atomic mass is 9.92. The molecular formula is C15H23NO4S. The number of carboxylic acid groups (broad SMARTS) is 1. The van der Waals surface area contributed by atoms with E-state index in [0.29, 0.717) is 24.9 Å². The third-order valence-electron chi connectivity index (χ3n) is 3.69. The Hall–Kier alpha value is -1.56. The summed E-state index contributed by atoms with van der Waals surface area (Å²) in [6.07, 6.45) is 1.44. The summed E-state index contributed by atoms with van der Waals surface area (Å²) < 4.78 is 23.9. The van der Waals surface area contributed by atoms with Crippen LogP contribution >= 0.6 is 0 Å². The van der Waals surface area contributed by atoms with Crippen LogP contribution in [0.15, 0.2) is 29.2 Å². The number of aliphatic carboxylic acids is 1. The molecular weight excluding hydrogens is 290 g/mol. The summed E-state index contributed by atoms with van der Waals surface area (Å²) in [6.45, 7) is 5.44. The first-order chi connectivity index (χ1) is 9.81. The molecule has 0 aliphatic heterocycles. The molecule has 6 heteroatoms. The Balaban J connectivity index is 3.01. The maximum Gasteiger partial charge on any atom is 0.329 e. The number of carbonyl (C=O) groups is 1. The minimum atomic E-state index is -3.24. The van der Waals surface area contributed by atoms with Crippen molar-refractivity contribution in [3.63, 3.8) is 0 Å². The molecule has 1 aromatic rings. The molecule has 0 unspecified atom stereocenters. The van der Waals surface area contributed by atoms with E-state index >= 15 is 0 Å². The molecule has 0 saturated heterocycles. The molecule has 0 saturated carbocycles. The molecule has 0 spiro atoms. The van der Waals surface area contributed by atoms with Gasteiger partial charge in [0.05, 0.1) is 10.6 Å². The number of hydrogen-bond acceptors (Lipinski definition) is 4. The van der Waals surface area contributed by atoms with Crippen molar-refractivity contribution in [3.05, 3.63) is 24.3 Å². The van der Waals surface area contributed by atoms with Gasteiger partial charge in [-0.2, -0.15) is 0 Å². The lowest BCUT2D eigenvalue weighted by Gasteiger charge is -2.29. The molecule has 0 aliphatic rings. The Bertz CT molecular complexity index is 574. The number of carboxylic acids is 1. The van der Waals surface area contributed by atoms with Gasteiger partial charge in [-0.25, -0.2) is 13.2 Å². The summed E-state index contributed by atoms with van der Waals surface area (Å²) in [5.74, 6) is -0.793. The van der Waals surface area contributed by atoms with E-state index in [4.69, 9.17) is 0 Å². The lowest BCUT2D eigenvalue weighted by Crippen LogP contribution is -2.45. The third-order valence-corrected chi connectivity index (χ3v) is 5.62. The summed E-state index contributed by atoms with van der Waals surface area (Å²) in [5.41, 5.74) is -0.416. The summed E-state index contributed by atoms with van der Waals surface area (Å²) in [4.78, 5) is 11.7. The predicted molar refractivity (Wildman–Crippen MR) is 83.4 cm³/mol. The van der Waals surface area contributed by atoms with Crippen LogP contribution in [0.25, 0.3) is 0 Å². The van der Waals surface area contributed by atoms with Crippen LogP contribution in [-0.4, -0.2) is 30.8 Å².